The molecule has 41 heavy (non-hydrogen) atoms. The Morgan fingerprint density at radius 2 is 1.80 bits per heavy atom. The molecule has 220 valence electrons. The van der Waals surface area contributed by atoms with Crippen LogP contribution in [0.15, 0.2) is 65.6 Å². The van der Waals surface area contributed by atoms with Crippen molar-refractivity contribution < 1.29 is 17.6 Å². The lowest BCUT2D eigenvalue weighted by atomic mass is 9.99. The molecular formula is C30H35Cl2FN4O3S. The fraction of sp³-hybridized carbons (Fsp3) is 0.367. The lowest BCUT2D eigenvalue weighted by molar-refractivity contribution is 0.0944. The summed E-state index contributed by atoms with van der Waals surface area (Å²) in [5.74, 6) is -0.517. The van der Waals surface area contributed by atoms with Gasteiger partial charge in [-0.25, -0.2) is 17.9 Å². The van der Waals surface area contributed by atoms with Gasteiger partial charge in [0.15, 0.2) is 0 Å². The molecule has 0 saturated carbocycles. The second kappa shape index (κ2) is 13.5. The van der Waals surface area contributed by atoms with E-state index in [1.807, 2.05) is 19.1 Å². The number of hydrogen-bond donors (Lipinski definition) is 2. The van der Waals surface area contributed by atoms with Crippen molar-refractivity contribution in [2.45, 2.75) is 56.6 Å². The summed E-state index contributed by atoms with van der Waals surface area (Å²) in [6.07, 6.45) is 2.44. The molecule has 3 N–H and O–H groups in total. The molecule has 0 aliphatic carbocycles. The molecule has 1 heterocycles. The maximum Gasteiger partial charge on any atom is 0.253 e. The lowest BCUT2D eigenvalue weighted by Crippen LogP contribution is -2.48. The number of halogens is 3. The quantitative estimate of drug-likeness (QED) is 0.300. The summed E-state index contributed by atoms with van der Waals surface area (Å²) in [5, 5.41) is 9.17. The van der Waals surface area contributed by atoms with Crippen LogP contribution in [-0.2, 0) is 16.6 Å². The largest absolute Gasteiger partial charge is 0.364 e. The highest BCUT2D eigenvalue weighted by molar-refractivity contribution is 7.89. The van der Waals surface area contributed by atoms with Gasteiger partial charge in [0, 0.05) is 54.5 Å². The maximum absolute atomic E-state index is 14.7. The Hall–Kier alpha value is -2.69. The molecule has 0 radical (unpaired) electrons. The van der Waals surface area contributed by atoms with Gasteiger partial charge in [0.1, 0.15) is 5.82 Å². The number of likely N-dealkylation sites (tertiary alicyclic amines) is 1. The fourth-order valence-corrected chi connectivity index (χ4v) is 6.35. The standard InChI is InChI=1S/C30H35Cl2FN4O3S/c1-20-4-3-5-27(32)29(20)30(38)35-15-12-21(2)36-16-13-25(14-17-36)37(19-22-18-23(31)6-11-28(22)33)24-7-9-26(10-8-24)41(34,39)40/h3-11,18,21,25H,12-17,19H2,1-2H3,(H,35,38)(H2,34,39,40). The van der Waals surface area contributed by atoms with Crippen molar-refractivity contribution >= 4 is 44.8 Å². The van der Waals surface area contributed by atoms with Gasteiger partial charge in [-0.3, -0.25) is 4.79 Å². The van der Waals surface area contributed by atoms with Gasteiger partial charge >= 0.3 is 0 Å². The Morgan fingerprint density at radius 3 is 2.44 bits per heavy atom. The van der Waals surface area contributed by atoms with Crippen LogP contribution in [0.25, 0.3) is 0 Å². The van der Waals surface area contributed by atoms with Crippen LogP contribution in [-0.4, -0.2) is 50.9 Å². The average molecular weight is 622 g/mol. The molecule has 1 atom stereocenters. The average Bonchev–Trinajstić information content (AvgIpc) is 2.93. The van der Waals surface area contributed by atoms with E-state index in [4.69, 9.17) is 28.3 Å². The van der Waals surface area contributed by atoms with Gasteiger partial charge in [-0.1, -0.05) is 35.3 Å². The van der Waals surface area contributed by atoms with Crippen LogP contribution in [0.2, 0.25) is 10.0 Å². The van der Waals surface area contributed by atoms with Crippen LogP contribution >= 0.6 is 23.2 Å². The molecule has 1 fully saturated rings. The minimum Gasteiger partial charge on any atom is -0.364 e. The summed E-state index contributed by atoms with van der Waals surface area (Å²) in [5.41, 5.74) is 2.59. The molecule has 0 spiro atoms. The number of primary sulfonamides is 1. The van der Waals surface area contributed by atoms with Crippen molar-refractivity contribution in [1.82, 2.24) is 10.2 Å². The van der Waals surface area contributed by atoms with E-state index in [-0.39, 0.29) is 35.2 Å². The van der Waals surface area contributed by atoms with E-state index in [1.165, 1.54) is 24.3 Å². The van der Waals surface area contributed by atoms with Crippen molar-refractivity contribution in [2.75, 3.05) is 24.5 Å². The Bertz CT molecular complexity index is 1460. The number of hydrogen-bond acceptors (Lipinski definition) is 5. The predicted octanol–water partition coefficient (Wildman–Crippen LogP) is 5.77. The van der Waals surface area contributed by atoms with Crippen LogP contribution in [0.5, 0.6) is 0 Å². The summed E-state index contributed by atoms with van der Waals surface area (Å²) in [4.78, 5) is 17.2. The summed E-state index contributed by atoms with van der Waals surface area (Å²) < 4.78 is 38.2. The highest BCUT2D eigenvalue weighted by atomic mass is 35.5. The molecule has 4 rings (SSSR count). The van der Waals surface area contributed by atoms with Crippen LogP contribution < -0.4 is 15.4 Å². The number of sulfonamides is 1. The van der Waals surface area contributed by atoms with E-state index in [1.54, 1.807) is 24.3 Å². The Kier molecular flexibility index (Phi) is 10.3. The number of piperidine rings is 1. The molecule has 1 aliphatic heterocycles. The van der Waals surface area contributed by atoms with Crippen molar-refractivity contribution in [1.29, 1.82) is 0 Å². The molecule has 3 aromatic rings. The zero-order valence-corrected chi connectivity index (χ0v) is 25.4. The van der Waals surface area contributed by atoms with E-state index >= 15 is 0 Å². The number of nitrogens with zero attached hydrogens (tertiary/aromatic N) is 2. The lowest BCUT2D eigenvalue weighted by Gasteiger charge is -2.42. The third-order valence-electron chi connectivity index (χ3n) is 7.71. The van der Waals surface area contributed by atoms with Gasteiger partial charge in [-0.15, -0.1) is 0 Å². The first-order chi connectivity index (χ1) is 19.4. The van der Waals surface area contributed by atoms with Crippen LogP contribution in [0.3, 0.4) is 0 Å². The first-order valence-electron chi connectivity index (χ1n) is 13.5. The molecular weight excluding hydrogens is 586 g/mol. The number of benzene rings is 3. The Morgan fingerprint density at radius 1 is 1.12 bits per heavy atom. The van der Waals surface area contributed by atoms with E-state index in [2.05, 4.69) is 22.0 Å². The molecule has 7 nitrogen and oxygen atoms in total. The van der Waals surface area contributed by atoms with Gasteiger partial charge in [0.2, 0.25) is 10.0 Å². The predicted molar refractivity (Wildman–Crippen MR) is 163 cm³/mol. The molecule has 1 unspecified atom stereocenters. The highest BCUT2D eigenvalue weighted by Gasteiger charge is 2.28. The van der Waals surface area contributed by atoms with Gasteiger partial charge in [-0.05, 0) is 87.2 Å². The summed E-state index contributed by atoms with van der Waals surface area (Å²) in [6.45, 7) is 6.49. The minimum atomic E-state index is -3.83. The molecule has 1 aliphatic rings. The fourth-order valence-electron chi connectivity index (χ4n) is 5.33. The molecule has 0 bridgehead atoms. The SMILES string of the molecule is Cc1cccc(Cl)c1C(=O)NCCC(C)N1CCC(N(Cc2cc(Cl)ccc2F)c2ccc(S(N)(=O)=O)cc2)CC1. The first kappa shape index (κ1) is 31.3. The van der Waals surface area contributed by atoms with Gasteiger partial charge < -0.3 is 15.1 Å². The smallest absolute Gasteiger partial charge is 0.253 e. The number of aryl methyl sites for hydroxylation is 1. The monoisotopic (exact) mass is 620 g/mol. The maximum atomic E-state index is 14.7. The summed E-state index contributed by atoms with van der Waals surface area (Å²) in [6, 6.07) is 16.6. The highest BCUT2D eigenvalue weighted by Crippen LogP contribution is 2.29. The first-order valence-corrected chi connectivity index (χ1v) is 15.8. The number of carbonyl (C=O) groups excluding carboxylic acids is 1. The number of amides is 1. The molecule has 0 aromatic heterocycles. The summed E-state index contributed by atoms with van der Waals surface area (Å²) >= 11 is 12.4. The zero-order chi connectivity index (χ0) is 29.7. The summed E-state index contributed by atoms with van der Waals surface area (Å²) in [7, 11) is -3.83. The van der Waals surface area contributed by atoms with E-state index in [0.29, 0.717) is 27.7 Å². The minimum absolute atomic E-state index is 0.0237. The number of carbonyl (C=O) groups is 1. The third-order valence-corrected chi connectivity index (χ3v) is 9.18. The number of anilines is 1. The Labute approximate surface area is 251 Å². The van der Waals surface area contributed by atoms with Gasteiger partial charge in [0.25, 0.3) is 5.91 Å². The van der Waals surface area contributed by atoms with E-state index in [9.17, 15) is 17.6 Å². The number of nitrogens with one attached hydrogen (secondary N) is 1. The van der Waals surface area contributed by atoms with E-state index < -0.39 is 10.0 Å². The van der Waals surface area contributed by atoms with E-state index in [0.717, 1.165) is 43.6 Å². The van der Waals surface area contributed by atoms with Crippen LogP contribution in [0.4, 0.5) is 10.1 Å². The normalized spacial score (nSPS) is 15.5. The van der Waals surface area contributed by atoms with Crippen LogP contribution in [0, 0.1) is 12.7 Å². The molecule has 1 amide bonds. The topological polar surface area (TPSA) is 95.7 Å². The molecule has 3 aromatic carbocycles. The number of rotatable bonds is 10. The van der Waals surface area contributed by atoms with Crippen molar-refractivity contribution in [3.8, 4) is 0 Å². The number of nitrogens with two attached hydrogens (primary N) is 1. The van der Waals surface area contributed by atoms with Crippen molar-refractivity contribution in [3.05, 3.63) is 93.2 Å². The van der Waals surface area contributed by atoms with Crippen molar-refractivity contribution in [2.24, 2.45) is 5.14 Å². The van der Waals surface area contributed by atoms with Gasteiger partial charge in [0.05, 0.1) is 15.5 Å². The molecule has 11 heteroatoms. The second-order valence-corrected chi connectivity index (χ2v) is 12.9. The second-order valence-electron chi connectivity index (χ2n) is 10.5. The van der Waals surface area contributed by atoms with Gasteiger partial charge in [-0.2, -0.15) is 0 Å². The molecule has 1 saturated heterocycles. The zero-order valence-electron chi connectivity index (χ0n) is 23.1. The van der Waals surface area contributed by atoms with Crippen LogP contribution in [0.1, 0.15) is 47.7 Å². The Balaban J connectivity index is 1.40. The van der Waals surface area contributed by atoms with Crippen molar-refractivity contribution in [3.63, 3.8) is 0 Å². The third kappa shape index (κ3) is 7.99.